The van der Waals surface area contributed by atoms with Crippen LogP contribution in [0.15, 0.2) is 24.3 Å². The zero-order valence-electron chi connectivity index (χ0n) is 8.19. The fraction of sp³-hybridized carbons (Fsp3) is 0.200. The lowest BCUT2D eigenvalue weighted by atomic mass is 10.1. The Labute approximate surface area is 87.4 Å². The predicted molar refractivity (Wildman–Crippen MR) is 55.9 cm³/mol. The third-order valence-corrected chi connectivity index (χ3v) is 1.91. The van der Waals surface area contributed by atoms with E-state index >= 15 is 0 Å². The first-order valence-corrected chi connectivity index (χ1v) is 4.49. The molecule has 80 valence electrons. The number of nitrogens with one attached hydrogen (secondary N) is 1. The first-order chi connectivity index (χ1) is 7.13. The largest absolute Gasteiger partial charge is 0.366 e. The number of hydrogen-bond donors (Lipinski definition) is 3. The van der Waals surface area contributed by atoms with Crippen molar-refractivity contribution in [2.75, 3.05) is 6.54 Å². The van der Waals surface area contributed by atoms with Gasteiger partial charge in [-0.1, -0.05) is 12.1 Å². The van der Waals surface area contributed by atoms with Crippen LogP contribution in [0.2, 0.25) is 0 Å². The Kier molecular flexibility index (Phi) is 3.82. The molecule has 5 N–H and O–H groups in total. The molecular weight excluding hydrogens is 194 g/mol. The van der Waals surface area contributed by atoms with Gasteiger partial charge in [-0.2, -0.15) is 0 Å². The van der Waals surface area contributed by atoms with Crippen molar-refractivity contribution < 1.29 is 9.59 Å². The monoisotopic (exact) mass is 207 g/mol. The van der Waals surface area contributed by atoms with Gasteiger partial charge in [0.15, 0.2) is 0 Å². The smallest absolute Gasteiger partial charge is 0.248 e. The Morgan fingerprint density at radius 3 is 2.27 bits per heavy atom. The van der Waals surface area contributed by atoms with Gasteiger partial charge in [0.1, 0.15) is 0 Å². The normalized spacial score (nSPS) is 9.67. The highest BCUT2D eigenvalue weighted by atomic mass is 16.2. The van der Waals surface area contributed by atoms with Crippen LogP contribution in [0.25, 0.3) is 0 Å². The van der Waals surface area contributed by atoms with Gasteiger partial charge in [-0.25, -0.2) is 0 Å². The van der Waals surface area contributed by atoms with Crippen molar-refractivity contribution in [2.45, 2.75) is 6.54 Å². The molecule has 0 atom stereocenters. The van der Waals surface area contributed by atoms with E-state index in [4.69, 9.17) is 11.5 Å². The van der Waals surface area contributed by atoms with Crippen LogP contribution in [0.1, 0.15) is 15.9 Å². The second-order valence-corrected chi connectivity index (χ2v) is 3.04. The van der Waals surface area contributed by atoms with Crippen LogP contribution in [0.5, 0.6) is 0 Å². The summed E-state index contributed by atoms with van der Waals surface area (Å²) in [6.45, 7) is 0.369. The predicted octanol–water partition coefficient (Wildman–Crippen LogP) is -0.640. The Bertz CT molecular complexity index is 359. The molecule has 0 aliphatic rings. The summed E-state index contributed by atoms with van der Waals surface area (Å²) in [6.07, 6.45) is 0. The molecule has 1 aromatic rings. The Morgan fingerprint density at radius 2 is 1.80 bits per heavy atom. The highest BCUT2D eigenvalue weighted by Crippen LogP contribution is 2.03. The lowest BCUT2D eigenvalue weighted by molar-refractivity contribution is -0.119. The quantitative estimate of drug-likeness (QED) is 0.612. The number of hydrogen-bond acceptors (Lipinski definition) is 3. The molecule has 2 amide bonds. The molecule has 0 aliphatic heterocycles. The zero-order chi connectivity index (χ0) is 11.3. The lowest BCUT2D eigenvalue weighted by Gasteiger charge is -2.03. The second kappa shape index (κ2) is 5.11. The Balaban J connectivity index is 2.57. The summed E-state index contributed by atoms with van der Waals surface area (Å²) in [5, 5.41) is 2.62. The fourth-order valence-corrected chi connectivity index (χ4v) is 1.06. The van der Waals surface area contributed by atoms with E-state index in [0.29, 0.717) is 12.1 Å². The summed E-state index contributed by atoms with van der Waals surface area (Å²) in [6, 6.07) is 6.70. The molecule has 1 rings (SSSR count). The van der Waals surface area contributed by atoms with Crippen molar-refractivity contribution in [3.8, 4) is 0 Å². The molecule has 5 heteroatoms. The van der Waals surface area contributed by atoms with E-state index in [1.165, 1.54) is 0 Å². The highest BCUT2D eigenvalue weighted by molar-refractivity contribution is 5.92. The van der Waals surface area contributed by atoms with Crippen LogP contribution in [0.3, 0.4) is 0 Å². The van der Waals surface area contributed by atoms with E-state index in [2.05, 4.69) is 5.32 Å². The zero-order valence-corrected chi connectivity index (χ0v) is 8.19. The second-order valence-electron chi connectivity index (χ2n) is 3.04. The summed E-state index contributed by atoms with van der Waals surface area (Å²) >= 11 is 0. The average molecular weight is 207 g/mol. The van der Waals surface area contributed by atoms with Crippen molar-refractivity contribution in [3.63, 3.8) is 0 Å². The van der Waals surface area contributed by atoms with Gasteiger partial charge in [0, 0.05) is 12.1 Å². The van der Waals surface area contributed by atoms with Gasteiger partial charge in [0.2, 0.25) is 11.8 Å². The van der Waals surface area contributed by atoms with Gasteiger partial charge in [0.25, 0.3) is 0 Å². The topological polar surface area (TPSA) is 98.2 Å². The SMILES string of the molecule is NCC(=O)NCc1ccc(C(N)=O)cc1. The minimum Gasteiger partial charge on any atom is -0.366 e. The Hall–Kier alpha value is -1.88. The summed E-state index contributed by atoms with van der Waals surface area (Å²) in [7, 11) is 0. The van der Waals surface area contributed by atoms with E-state index in [0.717, 1.165) is 5.56 Å². The van der Waals surface area contributed by atoms with E-state index < -0.39 is 5.91 Å². The summed E-state index contributed by atoms with van der Waals surface area (Å²) in [5.41, 5.74) is 11.5. The molecule has 0 saturated carbocycles. The number of primary amides is 1. The van der Waals surface area contributed by atoms with Crippen LogP contribution >= 0.6 is 0 Å². The molecule has 0 aromatic heterocycles. The van der Waals surface area contributed by atoms with E-state index in [1.807, 2.05) is 0 Å². The van der Waals surface area contributed by atoms with Gasteiger partial charge in [0.05, 0.1) is 6.54 Å². The Morgan fingerprint density at radius 1 is 1.20 bits per heavy atom. The minimum absolute atomic E-state index is 0.0284. The van der Waals surface area contributed by atoms with Crippen molar-refractivity contribution in [2.24, 2.45) is 11.5 Å². The summed E-state index contributed by atoms with van der Waals surface area (Å²) in [5.74, 6) is -0.679. The molecule has 0 fully saturated rings. The molecule has 0 heterocycles. The van der Waals surface area contributed by atoms with Crippen LogP contribution in [-0.2, 0) is 11.3 Å². The maximum atomic E-state index is 10.9. The van der Waals surface area contributed by atoms with Crippen molar-refractivity contribution in [3.05, 3.63) is 35.4 Å². The van der Waals surface area contributed by atoms with Crippen molar-refractivity contribution in [1.29, 1.82) is 0 Å². The minimum atomic E-state index is -0.465. The number of nitrogens with two attached hydrogens (primary N) is 2. The fourth-order valence-electron chi connectivity index (χ4n) is 1.06. The molecule has 0 saturated heterocycles. The first-order valence-electron chi connectivity index (χ1n) is 4.49. The van der Waals surface area contributed by atoms with Crippen molar-refractivity contribution in [1.82, 2.24) is 5.32 Å². The third kappa shape index (κ3) is 3.40. The van der Waals surface area contributed by atoms with Crippen LogP contribution in [0, 0.1) is 0 Å². The number of rotatable bonds is 4. The van der Waals surface area contributed by atoms with Crippen molar-refractivity contribution >= 4 is 11.8 Å². The summed E-state index contributed by atoms with van der Waals surface area (Å²) < 4.78 is 0. The molecule has 0 bridgehead atoms. The number of benzene rings is 1. The first kappa shape index (κ1) is 11.2. The third-order valence-electron chi connectivity index (χ3n) is 1.91. The van der Waals surface area contributed by atoms with Crippen LogP contribution < -0.4 is 16.8 Å². The molecule has 1 aromatic carbocycles. The summed E-state index contributed by atoms with van der Waals surface area (Å²) in [4.78, 5) is 21.6. The maximum absolute atomic E-state index is 10.9. The molecule has 0 spiro atoms. The van der Waals surface area contributed by atoms with Crippen LogP contribution in [-0.4, -0.2) is 18.4 Å². The van der Waals surface area contributed by atoms with Gasteiger partial charge in [-0.15, -0.1) is 0 Å². The van der Waals surface area contributed by atoms with Gasteiger partial charge in [-0.3, -0.25) is 9.59 Å². The standard InChI is InChI=1S/C10H13N3O2/c11-5-9(14)13-6-7-1-3-8(4-2-7)10(12)15/h1-4H,5-6,11H2,(H2,12,15)(H,13,14). The maximum Gasteiger partial charge on any atom is 0.248 e. The molecule has 0 unspecified atom stereocenters. The van der Waals surface area contributed by atoms with Gasteiger partial charge in [-0.05, 0) is 17.7 Å². The molecule has 0 radical (unpaired) electrons. The number of carbonyl (C=O) groups excluding carboxylic acids is 2. The van der Waals surface area contributed by atoms with E-state index in [1.54, 1.807) is 24.3 Å². The van der Waals surface area contributed by atoms with Gasteiger partial charge < -0.3 is 16.8 Å². The molecule has 5 nitrogen and oxygen atoms in total. The van der Waals surface area contributed by atoms with E-state index in [-0.39, 0.29) is 12.5 Å². The number of carbonyl (C=O) groups is 2. The molecular formula is C10H13N3O2. The number of amides is 2. The lowest BCUT2D eigenvalue weighted by Crippen LogP contribution is -2.29. The highest BCUT2D eigenvalue weighted by Gasteiger charge is 2.00. The average Bonchev–Trinajstić information content (AvgIpc) is 2.26. The molecule has 0 aliphatic carbocycles. The van der Waals surface area contributed by atoms with E-state index in [9.17, 15) is 9.59 Å². The van der Waals surface area contributed by atoms with Crippen LogP contribution in [0.4, 0.5) is 0 Å². The molecule has 15 heavy (non-hydrogen) atoms. The van der Waals surface area contributed by atoms with Gasteiger partial charge >= 0.3 is 0 Å².